The van der Waals surface area contributed by atoms with Gasteiger partial charge in [0.2, 0.25) is 10.0 Å². The number of nitrogens with one attached hydrogen (secondary N) is 1. The molecule has 3 N–H and O–H groups in total. The Bertz CT molecular complexity index is 776. The third-order valence-electron chi connectivity index (χ3n) is 2.92. The summed E-state index contributed by atoms with van der Waals surface area (Å²) in [7, 11) is -2.19. The van der Waals surface area contributed by atoms with Crippen molar-refractivity contribution < 1.29 is 13.2 Å². The minimum Gasteiger partial charge on any atom is -0.455 e. The van der Waals surface area contributed by atoms with Gasteiger partial charge in [0, 0.05) is 10.5 Å². The first-order valence-corrected chi connectivity index (χ1v) is 8.38. The molecule has 0 aliphatic heterocycles. The molecular formula is C14H15BrN2O3S. The molecule has 0 fully saturated rings. The van der Waals surface area contributed by atoms with E-state index in [9.17, 15) is 8.42 Å². The van der Waals surface area contributed by atoms with E-state index in [0.717, 1.165) is 10.0 Å². The molecule has 0 radical (unpaired) electrons. The molecular weight excluding hydrogens is 356 g/mol. The van der Waals surface area contributed by atoms with Crippen LogP contribution in [0.5, 0.6) is 11.5 Å². The fraction of sp³-hybridized carbons (Fsp3) is 0.143. The van der Waals surface area contributed by atoms with Crippen molar-refractivity contribution in [1.29, 1.82) is 0 Å². The van der Waals surface area contributed by atoms with Crippen LogP contribution >= 0.6 is 15.9 Å². The van der Waals surface area contributed by atoms with Crippen LogP contribution < -0.4 is 15.2 Å². The van der Waals surface area contributed by atoms with Crippen molar-refractivity contribution in [3.63, 3.8) is 0 Å². The first kappa shape index (κ1) is 15.8. The summed E-state index contributed by atoms with van der Waals surface area (Å²) in [5.41, 5.74) is 7.21. The summed E-state index contributed by atoms with van der Waals surface area (Å²) < 4.78 is 32.5. The number of hydrogen-bond donors (Lipinski definition) is 2. The smallest absolute Gasteiger partial charge is 0.240 e. The fourth-order valence-electron chi connectivity index (χ4n) is 1.70. The Labute approximate surface area is 132 Å². The van der Waals surface area contributed by atoms with Crippen LogP contribution in [0.15, 0.2) is 45.8 Å². The summed E-state index contributed by atoms with van der Waals surface area (Å²) in [5.74, 6) is 0.884. The van der Waals surface area contributed by atoms with E-state index in [2.05, 4.69) is 20.7 Å². The van der Waals surface area contributed by atoms with Crippen LogP contribution in [0.25, 0.3) is 0 Å². The number of benzene rings is 2. The zero-order valence-corrected chi connectivity index (χ0v) is 14.0. The second-order valence-electron chi connectivity index (χ2n) is 4.42. The van der Waals surface area contributed by atoms with Crippen molar-refractivity contribution in [1.82, 2.24) is 4.72 Å². The second kappa shape index (κ2) is 6.05. The third-order valence-corrected chi connectivity index (χ3v) is 5.22. The first-order valence-electron chi connectivity index (χ1n) is 6.10. The number of nitrogen functional groups attached to an aromatic ring is 1. The van der Waals surface area contributed by atoms with E-state index < -0.39 is 10.0 Å². The number of aryl methyl sites for hydroxylation is 1. The predicted octanol–water partition coefficient (Wildman–Crippen LogP) is 3.04. The Kier molecular flexibility index (Phi) is 4.55. The normalized spacial score (nSPS) is 11.4. The molecule has 2 aromatic rings. The van der Waals surface area contributed by atoms with Gasteiger partial charge in [-0.2, -0.15) is 0 Å². The Hall–Kier alpha value is -1.57. The van der Waals surface area contributed by atoms with Gasteiger partial charge in [-0.1, -0.05) is 15.9 Å². The average molecular weight is 371 g/mol. The highest BCUT2D eigenvalue weighted by atomic mass is 79.9. The van der Waals surface area contributed by atoms with E-state index >= 15 is 0 Å². The molecule has 2 rings (SSSR count). The molecule has 0 bridgehead atoms. The lowest BCUT2D eigenvalue weighted by atomic mass is 10.2. The van der Waals surface area contributed by atoms with Gasteiger partial charge < -0.3 is 10.5 Å². The molecule has 112 valence electrons. The van der Waals surface area contributed by atoms with Crippen LogP contribution in [0.2, 0.25) is 0 Å². The van der Waals surface area contributed by atoms with Crippen molar-refractivity contribution in [2.45, 2.75) is 11.8 Å². The highest BCUT2D eigenvalue weighted by molar-refractivity contribution is 9.10. The molecule has 0 aliphatic carbocycles. The summed E-state index contributed by atoms with van der Waals surface area (Å²) in [4.78, 5) is 0.100. The molecule has 7 heteroatoms. The van der Waals surface area contributed by atoms with Crippen molar-refractivity contribution in [2.75, 3.05) is 12.8 Å². The molecule has 0 aromatic heterocycles. The summed E-state index contributed by atoms with van der Waals surface area (Å²) in [6.45, 7) is 1.93. The molecule has 0 heterocycles. The minimum atomic E-state index is -3.54. The topological polar surface area (TPSA) is 81.4 Å². The molecule has 0 aliphatic rings. The van der Waals surface area contributed by atoms with Crippen LogP contribution in [0.3, 0.4) is 0 Å². The number of sulfonamides is 1. The standard InChI is InChI=1S/C14H15BrN2O3S/c1-9-7-10(3-5-12(9)15)20-14-8-11(4-6-13(14)16)21(18,19)17-2/h3-8,17H,16H2,1-2H3. The van der Waals surface area contributed by atoms with Crippen LogP contribution in [0.4, 0.5) is 5.69 Å². The van der Waals surface area contributed by atoms with E-state index in [1.54, 1.807) is 6.07 Å². The van der Waals surface area contributed by atoms with Crippen molar-refractivity contribution >= 4 is 31.6 Å². The van der Waals surface area contributed by atoms with Gasteiger partial charge in [-0.15, -0.1) is 0 Å². The maximum absolute atomic E-state index is 11.8. The molecule has 21 heavy (non-hydrogen) atoms. The average Bonchev–Trinajstić information content (AvgIpc) is 2.45. The lowest BCUT2D eigenvalue weighted by Gasteiger charge is -2.11. The van der Waals surface area contributed by atoms with Crippen LogP contribution in [0.1, 0.15) is 5.56 Å². The molecule has 0 saturated carbocycles. The molecule has 0 saturated heterocycles. The number of halogens is 1. The number of nitrogens with two attached hydrogens (primary N) is 1. The second-order valence-corrected chi connectivity index (χ2v) is 7.16. The zero-order valence-electron chi connectivity index (χ0n) is 11.6. The summed E-state index contributed by atoms with van der Waals surface area (Å²) in [6.07, 6.45) is 0. The summed E-state index contributed by atoms with van der Waals surface area (Å²) in [6, 6.07) is 9.80. The van der Waals surface area contributed by atoms with Gasteiger partial charge in [0.05, 0.1) is 10.6 Å². The maximum Gasteiger partial charge on any atom is 0.240 e. The summed E-state index contributed by atoms with van der Waals surface area (Å²) >= 11 is 3.41. The van der Waals surface area contributed by atoms with Crippen LogP contribution in [0, 0.1) is 6.92 Å². The van der Waals surface area contributed by atoms with E-state index in [0.29, 0.717) is 17.2 Å². The molecule has 0 unspecified atom stereocenters. The third kappa shape index (κ3) is 3.55. The zero-order chi connectivity index (χ0) is 15.6. The van der Waals surface area contributed by atoms with Crippen molar-refractivity contribution in [3.8, 4) is 11.5 Å². The van der Waals surface area contributed by atoms with E-state index in [1.807, 2.05) is 19.1 Å². The number of anilines is 1. The number of hydrogen-bond acceptors (Lipinski definition) is 4. The van der Waals surface area contributed by atoms with E-state index in [-0.39, 0.29) is 4.90 Å². The Morgan fingerprint density at radius 2 is 1.90 bits per heavy atom. The quantitative estimate of drug-likeness (QED) is 0.810. The van der Waals surface area contributed by atoms with Crippen LogP contribution in [-0.4, -0.2) is 15.5 Å². The summed E-state index contributed by atoms with van der Waals surface area (Å²) in [5, 5.41) is 0. The lowest BCUT2D eigenvalue weighted by molar-refractivity contribution is 0.482. The highest BCUT2D eigenvalue weighted by Crippen LogP contribution is 2.31. The lowest BCUT2D eigenvalue weighted by Crippen LogP contribution is -2.18. The Morgan fingerprint density at radius 3 is 2.52 bits per heavy atom. The van der Waals surface area contributed by atoms with Gasteiger partial charge in [0.1, 0.15) is 5.75 Å². The van der Waals surface area contributed by atoms with Gasteiger partial charge in [-0.3, -0.25) is 0 Å². The van der Waals surface area contributed by atoms with Gasteiger partial charge >= 0.3 is 0 Å². The first-order chi connectivity index (χ1) is 9.83. The van der Waals surface area contributed by atoms with Crippen molar-refractivity contribution in [2.24, 2.45) is 0 Å². The highest BCUT2D eigenvalue weighted by Gasteiger charge is 2.14. The van der Waals surface area contributed by atoms with Crippen LogP contribution in [-0.2, 0) is 10.0 Å². The van der Waals surface area contributed by atoms with E-state index in [1.165, 1.54) is 25.2 Å². The van der Waals surface area contributed by atoms with Crippen molar-refractivity contribution in [3.05, 3.63) is 46.4 Å². The Morgan fingerprint density at radius 1 is 1.19 bits per heavy atom. The molecule has 0 amide bonds. The predicted molar refractivity (Wildman–Crippen MR) is 86.1 cm³/mol. The van der Waals surface area contributed by atoms with E-state index in [4.69, 9.17) is 10.5 Å². The number of rotatable bonds is 4. The van der Waals surface area contributed by atoms with Gasteiger partial charge in [0.25, 0.3) is 0 Å². The van der Waals surface area contributed by atoms with Gasteiger partial charge in [-0.05, 0) is 49.9 Å². The molecule has 5 nitrogen and oxygen atoms in total. The van der Waals surface area contributed by atoms with Gasteiger partial charge in [0.15, 0.2) is 5.75 Å². The SMILES string of the molecule is CNS(=O)(=O)c1ccc(N)c(Oc2ccc(Br)c(C)c2)c1. The molecule has 0 atom stereocenters. The molecule has 2 aromatic carbocycles. The number of ether oxygens (including phenoxy) is 1. The fourth-order valence-corrected chi connectivity index (χ4v) is 2.69. The minimum absolute atomic E-state index is 0.100. The maximum atomic E-state index is 11.8. The monoisotopic (exact) mass is 370 g/mol. The molecule has 0 spiro atoms. The Balaban J connectivity index is 2.39. The largest absolute Gasteiger partial charge is 0.455 e. The van der Waals surface area contributed by atoms with Gasteiger partial charge in [-0.25, -0.2) is 13.1 Å².